The summed E-state index contributed by atoms with van der Waals surface area (Å²) >= 11 is 0. The number of amides is 2. The van der Waals surface area contributed by atoms with E-state index in [0.717, 1.165) is 5.56 Å². The Balaban J connectivity index is 1.92. The SMILES string of the molecule is COc1cccc(C(=O)N(NC(=O)c2ccc3c(c2)B(O)N(C)N=C3)C(C)(C)C)c1C. The Morgan fingerprint density at radius 3 is 2.58 bits per heavy atom. The lowest BCUT2D eigenvalue weighted by molar-refractivity contribution is 0.0357. The fraction of sp³-hybridized carbons (Fsp3) is 0.318. The highest BCUT2D eigenvalue weighted by atomic mass is 16.5. The first kappa shape index (κ1) is 22.4. The fourth-order valence-corrected chi connectivity index (χ4v) is 3.35. The molecule has 0 saturated heterocycles. The molecule has 2 aromatic rings. The number of ether oxygens (including phenoxy) is 1. The second-order valence-corrected chi connectivity index (χ2v) is 8.42. The summed E-state index contributed by atoms with van der Waals surface area (Å²) in [5, 5.41) is 15.8. The summed E-state index contributed by atoms with van der Waals surface area (Å²) in [7, 11) is 2.24. The van der Waals surface area contributed by atoms with Crippen LogP contribution in [0.3, 0.4) is 0 Å². The van der Waals surface area contributed by atoms with Crippen LogP contribution in [0.4, 0.5) is 0 Å². The number of methoxy groups -OCH3 is 1. The molecule has 162 valence electrons. The van der Waals surface area contributed by atoms with Crippen molar-refractivity contribution in [2.75, 3.05) is 14.2 Å². The highest BCUT2D eigenvalue weighted by Gasteiger charge is 2.32. The van der Waals surface area contributed by atoms with Gasteiger partial charge in [-0.25, -0.2) is 5.01 Å². The molecule has 0 unspecified atom stereocenters. The number of fused-ring (bicyclic) bond motifs is 1. The smallest absolute Gasteiger partial charge is 0.466 e. The maximum absolute atomic E-state index is 13.4. The molecule has 8 nitrogen and oxygen atoms in total. The van der Waals surface area contributed by atoms with Crippen LogP contribution in [-0.2, 0) is 0 Å². The average molecular weight is 422 g/mol. The van der Waals surface area contributed by atoms with E-state index in [1.54, 1.807) is 63.7 Å². The van der Waals surface area contributed by atoms with Gasteiger partial charge < -0.3 is 14.7 Å². The Morgan fingerprint density at radius 2 is 1.94 bits per heavy atom. The molecule has 2 N–H and O–H groups in total. The molecule has 0 aliphatic carbocycles. The Morgan fingerprint density at radius 1 is 1.23 bits per heavy atom. The van der Waals surface area contributed by atoms with Crippen LogP contribution in [0.5, 0.6) is 5.75 Å². The van der Waals surface area contributed by atoms with Gasteiger partial charge in [-0.15, -0.1) is 0 Å². The number of carbonyl (C=O) groups is 2. The number of hydrogen-bond donors (Lipinski definition) is 2. The third-order valence-corrected chi connectivity index (χ3v) is 5.18. The predicted molar refractivity (Wildman–Crippen MR) is 121 cm³/mol. The summed E-state index contributed by atoms with van der Waals surface area (Å²) < 4.78 is 5.33. The largest absolute Gasteiger partial charge is 0.496 e. The molecule has 0 saturated carbocycles. The van der Waals surface area contributed by atoms with Gasteiger partial charge in [0.2, 0.25) is 0 Å². The quantitative estimate of drug-likeness (QED) is 0.579. The van der Waals surface area contributed by atoms with Crippen LogP contribution >= 0.6 is 0 Å². The second-order valence-electron chi connectivity index (χ2n) is 8.42. The van der Waals surface area contributed by atoms with Crippen LogP contribution in [0.25, 0.3) is 0 Å². The summed E-state index contributed by atoms with van der Waals surface area (Å²) in [6.07, 6.45) is 1.63. The van der Waals surface area contributed by atoms with Crippen molar-refractivity contribution in [3.63, 3.8) is 0 Å². The average Bonchev–Trinajstić information content (AvgIpc) is 2.73. The van der Waals surface area contributed by atoms with Crippen LogP contribution in [-0.4, -0.2) is 59.7 Å². The van der Waals surface area contributed by atoms with E-state index >= 15 is 0 Å². The Kier molecular flexibility index (Phi) is 6.08. The molecule has 1 heterocycles. The summed E-state index contributed by atoms with van der Waals surface area (Å²) in [5.74, 6) is -0.202. The van der Waals surface area contributed by atoms with Gasteiger partial charge in [-0.2, -0.15) is 5.10 Å². The molecule has 9 heteroatoms. The maximum atomic E-state index is 13.4. The summed E-state index contributed by atoms with van der Waals surface area (Å²) in [5.41, 5.74) is 4.81. The van der Waals surface area contributed by atoms with E-state index in [1.165, 1.54) is 9.93 Å². The minimum atomic E-state index is -0.951. The zero-order valence-corrected chi connectivity index (χ0v) is 18.6. The minimum absolute atomic E-state index is 0.325. The molecule has 1 aliphatic heterocycles. The number of hydrazone groups is 1. The first-order chi connectivity index (χ1) is 14.5. The summed E-state index contributed by atoms with van der Waals surface area (Å²) in [4.78, 5) is 27.8. The van der Waals surface area contributed by atoms with Crippen LogP contribution < -0.4 is 15.6 Å². The van der Waals surface area contributed by atoms with Crippen molar-refractivity contribution >= 4 is 30.5 Å². The molecule has 0 bridgehead atoms. The van der Waals surface area contributed by atoms with E-state index in [1.807, 2.05) is 20.8 Å². The van der Waals surface area contributed by atoms with E-state index in [9.17, 15) is 14.6 Å². The van der Waals surface area contributed by atoms with Gasteiger partial charge in [0.1, 0.15) is 5.75 Å². The van der Waals surface area contributed by atoms with Gasteiger partial charge in [-0.3, -0.25) is 15.0 Å². The topological polar surface area (TPSA) is 94.5 Å². The van der Waals surface area contributed by atoms with Gasteiger partial charge in [0.15, 0.2) is 0 Å². The molecular formula is C22H27BN4O4. The highest BCUT2D eigenvalue weighted by molar-refractivity contribution is 6.65. The molecule has 0 radical (unpaired) electrons. The highest BCUT2D eigenvalue weighted by Crippen LogP contribution is 2.24. The molecule has 31 heavy (non-hydrogen) atoms. The van der Waals surface area contributed by atoms with Crippen molar-refractivity contribution in [2.24, 2.45) is 5.10 Å². The Hall–Kier alpha value is -3.33. The first-order valence-electron chi connectivity index (χ1n) is 9.92. The van der Waals surface area contributed by atoms with Crippen molar-refractivity contribution in [1.29, 1.82) is 0 Å². The van der Waals surface area contributed by atoms with Gasteiger partial charge >= 0.3 is 7.05 Å². The van der Waals surface area contributed by atoms with Crippen molar-refractivity contribution in [2.45, 2.75) is 33.2 Å². The lowest BCUT2D eigenvalue weighted by atomic mass is 9.69. The third kappa shape index (κ3) is 4.41. The van der Waals surface area contributed by atoms with E-state index in [0.29, 0.717) is 27.9 Å². The zero-order chi connectivity index (χ0) is 22.9. The normalized spacial score (nSPS) is 13.0. The van der Waals surface area contributed by atoms with Gasteiger partial charge in [0, 0.05) is 23.7 Å². The number of nitrogens with zero attached hydrogens (tertiary/aromatic N) is 3. The molecule has 2 aromatic carbocycles. The van der Waals surface area contributed by atoms with Crippen molar-refractivity contribution in [3.05, 3.63) is 58.7 Å². The lowest BCUT2D eigenvalue weighted by Gasteiger charge is -2.36. The number of benzene rings is 2. The molecule has 2 amide bonds. The molecule has 0 atom stereocenters. The van der Waals surface area contributed by atoms with Crippen LogP contribution in [0.15, 0.2) is 41.5 Å². The number of rotatable bonds is 3. The minimum Gasteiger partial charge on any atom is -0.496 e. The van der Waals surface area contributed by atoms with Crippen LogP contribution in [0.1, 0.15) is 52.6 Å². The molecular weight excluding hydrogens is 395 g/mol. The fourth-order valence-electron chi connectivity index (χ4n) is 3.35. The third-order valence-electron chi connectivity index (χ3n) is 5.18. The molecule has 1 aliphatic rings. The molecule has 0 aromatic heterocycles. The van der Waals surface area contributed by atoms with Crippen molar-refractivity contribution in [3.8, 4) is 5.75 Å². The van der Waals surface area contributed by atoms with E-state index in [-0.39, 0.29) is 5.91 Å². The molecule has 0 fully saturated rings. The van der Waals surface area contributed by atoms with Gasteiger partial charge in [-0.1, -0.05) is 12.1 Å². The molecule has 0 spiro atoms. The van der Waals surface area contributed by atoms with E-state index < -0.39 is 18.5 Å². The van der Waals surface area contributed by atoms with E-state index in [2.05, 4.69) is 10.5 Å². The second kappa shape index (κ2) is 8.43. The zero-order valence-electron chi connectivity index (χ0n) is 18.6. The first-order valence-corrected chi connectivity index (χ1v) is 9.92. The van der Waals surface area contributed by atoms with E-state index in [4.69, 9.17) is 4.74 Å². The molecule has 3 rings (SSSR count). The standard InChI is InChI=1S/C22H27BN4O4/c1-14-17(8-7-9-19(14)31-6)21(29)27(22(2,3)4)25-20(28)15-10-11-16-13-24-26(5)23(30)18(16)12-15/h7-13,30H,1-6H3,(H,25,28). The van der Waals surface area contributed by atoms with Gasteiger partial charge in [-0.05, 0) is 63.0 Å². The van der Waals surface area contributed by atoms with Gasteiger partial charge in [0.25, 0.3) is 11.8 Å². The van der Waals surface area contributed by atoms with Crippen molar-refractivity contribution in [1.82, 2.24) is 15.4 Å². The Bertz CT molecular complexity index is 1050. The number of hydrazine groups is 1. The number of carbonyl (C=O) groups excluding carboxylic acids is 2. The van der Waals surface area contributed by atoms with Crippen LogP contribution in [0, 0.1) is 6.92 Å². The van der Waals surface area contributed by atoms with Crippen molar-refractivity contribution < 1.29 is 19.3 Å². The van der Waals surface area contributed by atoms with Crippen LogP contribution in [0.2, 0.25) is 0 Å². The summed E-state index contributed by atoms with van der Waals surface area (Å²) in [6.45, 7) is 7.31. The summed E-state index contributed by atoms with van der Waals surface area (Å²) in [6, 6.07) is 10.2. The Labute approximate surface area is 182 Å². The van der Waals surface area contributed by atoms with Gasteiger partial charge in [0.05, 0.1) is 18.9 Å². The predicted octanol–water partition coefficient (Wildman–Crippen LogP) is 1.56. The number of hydrogen-bond acceptors (Lipinski definition) is 6. The lowest BCUT2D eigenvalue weighted by Crippen LogP contribution is -2.56. The number of nitrogens with one attached hydrogen (secondary N) is 1. The maximum Gasteiger partial charge on any atom is 0.466 e. The monoisotopic (exact) mass is 422 g/mol.